The summed E-state index contributed by atoms with van der Waals surface area (Å²) in [6.07, 6.45) is 5.36. The number of allylic oxidation sites excluding steroid dienone is 1. The van der Waals surface area contributed by atoms with Crippen LogP contribution in [0.1, 0.15) is 26.7 Å². The number of hydrogen-bond acceptors (Lipinski definition) is 3. The second kappa shape index (κ2) is 7.91. The summed E-state index contributed by atoms with van der Waals surface area (Å²) in [5.74, 6) is 0.537. The average molecular weight is 317 g/mol. The lowest BCUT2D eigenvalue weighted by Gasteiger charge is -2.32. The second-order valence-electron chi connectivity index (χ2n) is 6.03. The van der Waals surface area contributed by atoms with Crippen molar-refractivity contribution in [1.29, 1.82) is 0 Å². The Morgan fingerprint density at radius 1 is 1.43 bits per heavy atom. The van der Waals surface area contributed by atoms with Gasteiger partial charge in [0.05, 0.1) is 0 Å². The third kappa shape index (κ3) is 6.15. The van der Waals surface area contributed by atoms with Gasteiger partial charge in [0.25, 0.3) is 10.2 Å². The molecular weight excluding hydrogens is 290 g/mol. The van der Waals surface area contributed by atoms with Gasteiger partial charge in [-0.1, -0.05) is 19.9 Å². The molecule has 1 rings (SSSR count). The van der Waals surface area contributed by atoms with Crippen molar-refractivity contribution in [3.63, 3.8) is 0 Å². The number of carbonyl (C=O) groups excluding carboxylic acids is 1. The molecule has 1 aliphatic rings. The highest BCUT2D eigenvalue weighted by atomic mass is 32.2. The standard InChI is InChI=1S/C14H27N3O3S/c1-12(2)7-8-14(18)17-9-5-6-13(11-17)10-15-21(19,20)16(3)4/h7-8,12-13,15H,5-6,9-11H2,1-4H3/b8-7+/t13-/m1/s1. The van der Waals surface area contributed by atoms with Gasteiger partial charge in [-0.3, -0.25) is 4.79 Å². The fraction of sp³-hybridized carbons (Fsp3) is 0.786. The highest BCUT2D eigenvalue weighted by Gasteiger charge is 2.24. The molecule has 21 heavy (non-hydrogen) atoms. The van der Waals surface area contributed by atoms with Gasteiger partial charge < -0.3 is 4.90 Å². The minimum Gasteiger partial charge on any atom is -0.339 e. The number of likely N-dealkylation sites (tertiary alicyclic amines) is 1. The maximum Gasteiger partial charge on any atom is 0.278 e. The van der Waals surface area contributed by atoms with Crippen LogP contribution in [0.25, 0.3) is 0 Å². The molecule has 0 saturated carbocycles. The van der Waals surface area contributed by atoms with E-state index in [9.17, 15) is 13.2 Å². The lowest BCUT2D eigenvalue weighted by atomic mass is 9.98. The van der Waals surface area contributed by atoms with E-state index in [0.29, 0.717) is 19.0 Å². The Kier molecular flexibility index (Phi) is 6.83. The average Bonchev–Trinajstić information content (AvgIpc) is 2.42. The van der Waals surface area contributed by atoms with Crippen LogP contribution < -0.4 is 4.72 Å². The number of nitrogens with one attached hydrogen (secondary N) is 1. The second-order valence-corrected chi connectivity index (χ2v) is 8.00. The van der Waals surface area contributed by atoms with Crippen molar-refractivity contribution in [3.05, 3.63) is 12.2 Å². The summed E-state index contributed by atoms with van der Waals surface area (Å²) in [5.41, 5.74) is 0. The molecule has 0 aromatic rings. The molecule has 1 N–H and O–H groups in total. The first kappa shape index (κ1) is 18.1. The molecule has 6 nitrogen and oxygen atoms in total. The number of carbonyl (C=O) groups is 1. The molecular formula is C14H27N3O3S. The van der Waals surface area contributed by atoms with E-state index in [1.165, 1.54) is 14.1 Å². The highest BCUT2D eigenvalue weighted by molar-refractivity contribution is 7.87. The maximum atomic E-state index is 12.0. The van der Waals surface area contributed by atoms with E-state index >= 15 is 0 Å². The smallest absolute Gasteiger partial charge is 0.278 e. The van der Waals surface area contributed by atoms with E-state index in [1.54, 1.807) is 11.0 Å². The van der Waals surface area contributed by atoms with Gasteiger partial charge >= 0.3 is 0 Å². The van der Waals surface area contributed by atoms with Crippen molar-refractivity contribution in [2.75, 3.05) is 33.7 Å². The highest BCUT2D eigenvalue weighted by Crippen LogP contribution is 2.16. The Morgan fingerprint density at radius 2 is 2.10 bits per heavy atom. The zero-order valence-corrected chi connectivity index (χ0v) is 14.2. The first-order chi connectivity index (χ1) is 9.72. The van der Waals surface area contributed by atoms with Crippen molar-refractivity contribution in [2.45, 2.75) is 26.7 Å². The molecule has 0 spiro atoms. The molecule has 1 aliphatic heterocycles. The SMILES string of the molecule is CC(C)/C=C/C(=O)N1CCC[C@H](CNS(=O)(=O)N(C)C)C1. The largest absolute Gasteiger partial charge is 0.339 e. The minimum atomic E-state index is -3.39. The first-order valence-corrected chi connectivity index (χ1v) is 8.80. The van der Waals surface area contributed by atoms with Crippen molar-refractivity contribution >= 4 is 16.1 Å². The van der Waals surface area contributed by atoms with Gasteiger partial charge in [-0.2, -0.15) is 12.7 Å². The molecule has 7 heteroatoms. The van der Waals surface area contributed by atoms with Crippen LogP contribution in [0.15, 0.2) is 12.2 Å². The Hall–Kier alpha value is -0.920. The zero-order valence-electron chi connectivity index (χ0n) is 13.4. The fourth-order valence-corrected chi connectivity index (χ4v) is 2.87. The topological polar surface area (TPSA) is 69.7 Å². The van der Waals surface area contributed by atoms with Gasteiger partial charge in [0.1, 0.15) is 0 Å². The van der Waals surface area contributed by atoms with E-state index in [-0.39, 0.29) is 11.8 Å². The molecule has 0 aromatic carbocycles. The van der Waals surface area contributed by atoms with Gasteiger partial charge in [0, 0.05) is 33.7 Å². The molecule has 0 aromatic heterocycles. The van der Waals surface area contributed by atoms with Crippen LogP contribution in [0.4, 0.5) is 0 Å². The van der Waals surface area contributed by atoms with Gasteiger partial charge in [-0.05, 0) is 30.8 Å². The molecule has 0 unspecified atom stereocenters. The third-order valence-corrected chi connectivity index (χ3v) is 4.98. The van der Waals surface area contributed by atoms with Gasteiger partial charge in [0.2, 0.25) is 5.91 Å². The first-order valence-electron chi connectivity index (χ1n) is 7.36. The van der Waals surface area contributed by atoms with Crippen LogP contribution >= 0.6 is 0 Å². The zero-order chi connectivity index (χ0) is 16.0. The Balaban J connectivity index is 2.51. The molecule has 1 atom stereocenters. The van der Waals surface area contributed by atoms with Crippen LogP contribution in [0.5, 0.6) is 0 Å². The van der Waals surface area contributed by atoms with Crippen molar-refractivity contribution < 1.29 is 13.2 Å². The van der Waals surface area contributed by atoms with E-state index in [2.05, 4.69) is 4.72 Å². The molecule has 1 heterocycles. The van der Waals surface area contributed by atoms with Crippen molar-refractivity contribution in [1.82, 2.24) is 13.9 Å². The van der Waals surface area contributed by atoms with Crippen LogP contribution in [0, 0.1) is 11.8 Å². The predicted octanol–water partition coefficient (Wildman–Crippen LogP) is 0.833. The maximum absolute atomic E-state index is 12.0. The molecule has 1 saturated heterocycles. The minimum absolute atomic E-state index is 0.0175. The number of nitrogens with zero attached hydrogens (tertiary/aromatic N) is 2. The number of rotatable bonds is 6. The molecule has 1 amide bonds. The number of amides is 1. The van der Waals surface area contributed by atoms with Gasteiger partial charge in [-0.25, -0.2) is 4.72 Å². The summed E-state index contributed by atoms with van der Waals surface area (Å²) in [5, 5.41) is 0. The number of piperidine rings is 1. The van der Waals surface area contributed by atoms with Crippen molar-refractivity contribution in [2.24, 2.45) is 11.8 Å². The van der Waals surface area contributed by atoms with Crippen LogP contribution in [0.2, 0.25) is 0 Å². The predicted molar refractivity (Wildman–Crippen MR) is 83.9 cm³/mol. The lowest BCUT2D eigenvalue weighted by Crippen LogP contribution is -2.45. The summed E-state index contributed by atoms with van der Waals surface area (Å²) in [7, 11) is -0.399. The Labute approximate surface area is 128 Å². The summed E-state index contributed by atoms with van der Waals surface area (Å²) in [4.78, 5) is 13.9. The quantitative estimate of drug-likeness (QED) is 0.738. The summed E-state index contributed by atoms with van der Waals surface area (Å²) >= 11 is 0. The molecule has 0 aliphatic carbocycles. The van der Waals surface area contributed by atoms with E-state index in [4.69, 9.17) is 0 Å². The number of hydrogen-bond donors (Lipinski definition) is 1. The Bertz CT molecular complexity index is 472. The van der Waals surface area contributed by atoms with Gasteiger partial charge in [-0.15, -0.1) is 0 Å². The molecule has 1 fully saturated rings. The van der Waals surface area contributed by atoms with Crippen LogP contribution in [-0.2, 0) is 15.0 Å². The van der Waals surface area contributed by atoms with Gasteiger partial charge in [0.15, 0.2) is 0 Å². The summed E-state index contributed by atoms with van der Waals surface area (Å²) < 4.78 is 27.1. The molecule has 122 valence electrons. The van der Waals surface area contributed by atoms with E-state index in [1.807, 2.05) is 19.9 Å². The molecule has 0 radical (unpaired) electrons. The van der Waals surface area contributed by atoms with Crippen LogP contribution in [0.3, 0.4) is 0 Å². The normalized spacial score (nSPS) is 20.7. The van der Waals surface area contributed by atoms with Crippen LogP contribution in [-0.4, -0.2) is 57.3 Å². The summed E-state index contributed by atoms with van der Waals surface area (Å²) in [6, 6.07) is 0. The summed E-state index contributed by atoms with van der Waals surface area (Å²) in [6.45, 7) is 5.78. The lowest BCUT2D eigenvalue weighted by molar-refractivity contribution is -0.127. The Morgan fingerprint density at radius 3 is 2.67 bits per heavy atom. The van der Waals surface area contributed by atoms with E-state index < -0.39 is 10.2 Å². The fourth-order valence-electron chi connectivity index (χ4n) is 2.16. The molecule has 0 bridgehead atoms. The van der Waals surface area contributed by atoms with E-state index in [0.717, 1.165) is 23.7 Å². The third-order valence-electron chi connectivity index (χ3n) is 3.49. The van der Waals surface area contributed by atoms with Crippen molar-refractivity contribution in [3.8, 4) is 0 Å². The monoisotopic (exact) mass is 317 g/mol.